The van der Waals surface area contributed by atoms with E-state index in [1.165, 1.54) is 6.21 Å². The molecule has 0 bridgehead atoms. The number of benzene rings is 2. The van der Waals surface area contributed by atoms with Crippen LogP contribution in [-0.4, -0.2) is 18.0 Å². The Labute approximate surface area is 136 Å². The quantitative estimate of drug-likeness (QED) is 0.502. The first kappa shape index (κ1) is 15.9. The van der Waals surface area contributed by atoms with E-state index < -0.39 is 11.8 Å². The number of carbonyl (C=O) groups is 2. The molecule has 0 aliphatic heterocycles. The fourth-order valence-corrected chi connectivity index (χ4v) is 1.85. The topological polar surface area (TPSA) is 70.6 Å². The zero-order valence-electron chi connectivity index (χ0n) is 11.8. The highest BCUT2D eigenvalue weighted by molar-refractivity contribution is 9.10. The second kappa shape index (κ2) is 7.51. The van der Waals surface area contributed by atoms with Crippen LogP contribution < -0.4 is 10.7 Å². The third kappa shape index (κ3) is 4.82. The van der Waals surface area contributed by atoms with E-state index in [9.17, 15) is 9.59 Å². The molecule has 0 unspecified atom stereocenters. The van der Waals surface area contributed by atoms with E-state index in [2.05, 4.69) is 31.8 Å². The molecule has 22 heavy (non-hydrogen) atoms. The van der Waals surface area contributed by atoms with Crippen LogP contribution in [0.3, 0.4) is 0 Å². The zero-order valence-corrected chi connectivity index (χ0v) is 13.4. The Morgan fingerprint density at radius 3 is 2.27 bits per heavy atom. The molecule has 0 aliphatic rings. The van der Waals surface area contributed by atoms with Crippen molar-refractivity contribution in [3.8, 4) is 0 Å². The van der Waals surface area contributed by atoms with Crippen molar-refractivity contribution in [2.24, 2.45) is 5.10 Å². The first-order valence-electron chi connectivity index (χ1n) is 6.51. The van der Waals surface area contributed by atoms with Gasteiger partial charge in [-0.1, -0.05) is 45.8 Å². The van der Waals surface area contributed by atoms with Gasteiger partial charge in [0.25, 0.3) is 0 Å². The van der Waals surface area contributed by atoms with Crippen molar-refractivity contribution in [3.63, 3.8) is 0 Å². The van der Waals surface area contributed by atoms with E-state index >= 15 is 0 Å². The smallest absolute Gasteiger partial charge is 0.318 e. The SMILES string of the molecule is Cc1ccc(/C=N/NC(=O)C(=O)Nc2ccc(Br)cc2)cc1. The fraction of sp³-hybridized carbons (Fsp3) is 0.0625. The highest BCUT2D eigenvalue weighted by Crippen LogP contribution is 2.13. The number of halogens is 1. The molecule has 0 saturated heterocycles. The summed E-state index contributed by atoms with van der Waals surface area (Å²) < 4.78 is 0.887. The van der Waals surface area contributed by atoms with E-state index in [1.54, 1.807) is 24.3 Å². The van der Waals surface area contributed by atoms with Gasteiger partial charge in [-0.2, -0.15) is 5.10 Å². The highest BCUT2D eigenvalue weighted by Gasteiger charge is 2.12. The number of hydrogen-bond acceptors (Lipinski definition) is 3. The van der Waals surface area contributed by atoms with Gasteiger partial charge in [0.05, 0.1) is 6.21 Å². The molecule has 0 heterocycles. The standard InChI is InChI=1S/C16H14BrN3O2/c1-11-2-4-12(5-3-11)10-18-20-16(22)15(21)19-14-8-6-13(17)7-9-14/h2-10H,1H3,(H,19,21)(H,20,22)/b18-10+. The lowest BCUT2D eigenvalue weighted by Crippen LogP contribution is -2.32. The predicted molar refractivity (Wildman–Crippen MR) is 89.7 cm³/mol. The summed E-state index contributed by atoms with van der Waals surface area (Å²) in [4.78, 5) is 23.3. The monoisotopic (exact) mass is 359 g/mol. The summed E-state index contributed by atoms with van der Waals surface area (Å²) in [6.45, 7) is 1.98. The van der Waals surface area contributed by atoms with Gasteiger partial charge in [0.15, 0.2) is 0 Å². The second-order valence-corrected chi connectivity index (χ2v) is 5.49. The Bertz CT molecular complexity index is 694. The Morgan fingerprint density at radius 1 is 1.00 bits per heavy atom. The van der Waals surface area contributed by atoms with Crippen molar-refractivity contribution < 1.29 is 9.59 Å². The van der Waals surface area contributed by atoms with Crippen molar-refractivity contribution in [2.45, 2.75) is 6.92 Å². The Kier molecular flexibility index (Phi) is 5.43. The lowest BCUT2D eigenvalue weighted by Gasteiger charge is -2.03. The van der Waals surface area contributed by atoms with Crippen LogP contribution >= 0.6 is 15.9 Å². The van der Waals surface area contributed by atoms with Gasteiger partial charge in [0.2, 0.25) is 0 Å². The van der Waals surface area contributed by atoms with Crippen LogP contribution in [0.25, 0.3) is 0 Å². The molecule has 0 saturated carbocycles. The number of carbonyl (C=O) groups excluding carboxylic acids is 2. The molecule has 0 atom stereocenters. The molecule has 112 valence electrons. The zero-order chi connectivity index (χ0) is 15.9. The van der Waals surface area contributed by atoms with Crippen LogP contribution in [0.4, 0.5) is 5.69 Å². The average molecular weight is 360 g/mol. The maximum Gasteiger partial charge on any atom is 0.329 e. The largest absolute Gasteiger partial charge is 0.329 e. The summed E-state index contributed by atoms with van der Waals surface area (Å²) in [6.07, 6.45) is 1.48. The molecule has 2 aromatic rings. The number of hydrazone groups is 1. The van der Waals surface area contributed by atoms with Crippen molar-refractivity contribution >= 4 is 39.6 Å². The molecule has 0 radical (unpaired) electrons. The van der Waals surface area contributed by atoms with Gasteiger partial charge in [-0.3, -0.25) is 9.59 Å². The minimum Gasteiger partial charge on any atom is -0.318 e. The first-order chi connectivity index (χ1) is 10.5. The minimum absolute atomic E-state index is 0.533. The molecular formula is C16H14BrN3O2. The fourth-order valence-electron chi connectivity index (χ4n) is 1.59. The van der Waals surface area contributed by atoms with E-state index in [0.29, 0.717) is 5.69 Å². The summed E-state index contributed by atoms with van der Waals surface area (Å²) in [7, 11) is 0. The van der Waals surface area contributed by atoms with Gasteiger partial charge >= 0.3 is 11.8 Å². The third-order valence-corrected chi connectivity index (χ3v) is 3.29. The molecule has 0 aromatic heterocycles. The summed E-state index contributed by atoms with van der Waals surface area (Å²) in [5.41, 5.74) is 4.69. The Hall–Kier alpha value is -2.47. The maximum absolute atomic E-state index is 11.7. The van der Waals surface area contributed by atoms with Gasteiger partial charge in [-0.15, -0.1) is 0 Å². The molecule has 6 heteroatoms. The van der Waals surface area contributed by atoms with Crippen LogP contribution in [0.1, 0.15) is 11.1 Å². The number of rotatable bonds is 3. The van der Waals surface area contributed by atoms with E-state index in [0.717, 1.165) is 15.6 Å². The maximum atomic E-state index is 11.7. The number of hydrogen-bond donors (Lipinski definition) is 2. The molecule has 2 rings (SSSR count). The number of anilines is 1. The second-order valence-electron chi connectivity index (χ2n) is 4.57. The van der Waals surface area contributed by atoms with Crippen molar-refractivity contribution in [2.75, 3.05) is 5.32 Å². The number of aryl methyl sites for hydroxylation is 1. The Morgan fingerprint density at radius 2 is 1.64 bits per heavy atom. The molecule has 2 N–H and O–H groups in total. The summed E-state index contributed by atoms with van der Waals surface area (Å²) in [6, 6.07) is 14.5. The van der Waals surface area contributed by atoms with Crippen molar-refractivity contribution in [3.05, 3.63) is 64.1 Å². The van der Waals surface area contributed by atoms with Crippen LogP contribution in [-0.2, 0) is 9.59 Å². The molecular weight excluding hydrogens is 346 g/mol. The average Bonchev–Trinajstić information content (AvgIpc) is 2.51. The van der Waals surface area contributed by atoms with Crippen LogP contribution in [0.2, 0.25) is 0 Å². The molecule has 0 aliphatic carbocycles. The number of nitrogens with one attached hydrogen (secondary N) is 2. The van der Waals surface area contributed by atoms with E-state index in [1.807, 2.05) is 31.2 Å². The summed E-state index contributed by atoms with van der Waals surface area (Å²) in [5, 5.41) is 6.23. The lowest BCUT2D eigenvalue weighted by atomic mass is 10.2. The van der Waals surface area contributed by atoms with Crippen LogP contribution in [0.15, 0.2) is 58.1 Å². The molecule has 2 amide bonds. The number of nitrogens with zero attached hydrogens (tertiary/aromatic N) is 1. The lowest BCUT2D eigenvalue weighted by molar-refractivity contribution is -0.136. The molecule has 2 aromatic carbocycles. The summed E-state index contributed by atoms with van der Waals surface area (Å²) >= 11 is 3.29. The normalized spacial score (nSPS) is 10.5. The van der Waals surface area contributed by atoms with Gasteiger partial charge in [-0.25, -0.2) is 5.43 Å². The molecule has 0 spiro atoms. The number of amides is 2. The van der Waals surface area contributed by atoms with Crippen LogP contribution in [0.5, 0.6) is 0 Å². The Balaban J connectivity index is 1.87. The third-order valence-electron chi connectivity index (χ3n) is 2.77. The summed E-state index contributed by atoms with van der Waals surface area (Å²) in [5.74, 6) is -1.60. The molecule has 0 fully saturated rings. The predicted octanol–water partition coefficient (Wildman–Crippen LogP) is 2.85. The van der Waals surface area contributed by atoms with Crippen molar-refractivity contribution in [1.29, 1.82) is 0 Å². The van der Waals surface area contributed by atoms with Gasteiger partial charge < -0.3 is 5.32 Å². The highest BCUT2D eigenvalue weighted by atomic mass is 79.9. The van der Waals surface area contributed by atoms with E-state index in [-0.39, 0.29) is 0 Å². The van der Waals surface area contributed by atoms with Crippen molar-refractivity contribution in [1.82, 2.24) is 5.43 Å². The van der Waals surface area contributed by atoms with Crippen LogP contribution in [0, 0.1) is 6.92 Å². The molecule has 5 nitrogen and oxygen atoms in total. The van der Waals surface area contributed by atoms with E-state index in [4.69, 9.17) is 0 Å². The van der Waals surface area contributed by atoms with Gasteiger partial charge in [0, 0.05) is 10.2 Å². The first-order valence-corrected chi connectivity index (χ1v) is 7.30. The minimum atomic E-state index is -0.828. The van der Waals surface area contributed by atoms with Gasteiger partial charge in [0.1, 0.15) is 0 Å². The van der Waals surface area contributed by atoms with Gasteiger partial charge in [-0.05, 0) is 36.8 Å².